The third-order valence-corrected chi connectivity index (χ3v) is 4.69. The van der Waals surface area contributed by atoms with Crippen molar-refractivity contribution < 1.29 is 4.21 Å². The molecule has 0 spiro atoms. The van der Waals surface area contributed by atoms with Crippen molar-refractivity contribution in [3.8, 4) is 0 Å². The second-order valence-corrected chi connectivity index (χ2v) is 6.45. The molecule has 4 nitrogen and oxygen atoms in total. The van der Waals surface area contributed by atoms with E-state index in [-0.39, 0.29) is 5.25 Å². The van der Waals surface area contributed by atoms with Gasteiger partial charge in [0, 0.05) is 6.20 Å². The first-order valence-electron chi connectivity index (χ1n) is 6.43. The average molecular weight is 285 g/mol. The molecular weight excluding hydrogens is 270 g/mol. The maximum Gasteiger partial charge on any atom is 0.198 e. The number of fused-ring (bicyclic) bond motifs is 1. The van der Waals surface area contributed by atoms with Gasteiger partial charge in [-0.3, -0.25) is 9.19 Å². The molecule has 3 rings (SSSR count). The lowest BCUT2D eigenvalue weighted by Gasteiger charge is -2.08. The summed E-state index contributed by atoms with van der Waals surface area (Å²) in [5.41, 5.74) is 3.72. The van der Waals surface area contributed by atoms with Crippen LogP contribution in [0.3, 0.4) is 0 Å². The summed E-state index contributed by atoms with van der Waals surface area (Å²) in [6, 6.07) is 11.6. The largest absolute Gasteiger partial charge is 0.331 e. The monoisotopic (exact) mass is 285 g/mol. The van der Waals surface area contributed by atoms with Crippen molar-refractivity contribution in [3.63, 3.8) is 0 Å². The van der Waals surface area contributed by atoms with Gasteiger partial charge >= 0.3 is 0 Å². The molecule has 2 atom stereocenters. The minimum atomic E-state index is -1.25. The quantitative estimate of drug-likeness (QED) is 0.804. The number of aromatic nitrogens is 3. The predicted molar refractivity (Wildman–Crippen MR) is 79.9 cm³/mol. The Morgan fingerprint density at radius 1 is 1.25 bits per heavy atom. The van der Waals surface area contributed by atoms with Gasteiger partial charge in [-0.15, -0.1) is 0 Å². The molecule has 0 bridgehead atoms. The van der Waals surface area contributed by atoms with E-state index in [2.05, 4.69) is 15.0 Å². The summed E-state index contributed by atoms with van der Waals surface area (Å²) in [5, 5.41) is 0.307. The fraction of sp³-hybridized carbons (Fsp3) is 0.200. The standard InChI is InChI=1S/C15H15N3OS/c1-10-6-7-13-14(9-10)18-15(17-13)20(19)11(2)12-5-3-4-8-16-12/h3-9,11H,1-2H3,(H,17,18)/t11-,20-/m1/s1. The molecular formula is C15H15N3OS. The number of rotatable bonds is 3. The first-order chi connectivity index (χ1) is 9.65. The van der Waals surface area contributed by atoms with Gasteiger partial charge in [0.2, 0.25) is 0 Å². The van der Waals surface area contributed by atoms with Crippen LogP contribution < -0.4 is 0 Å². The summed E-state index contributed by atoms with van der Waals surface area (Å²) in [7, 11) is -1.25. The lowest BCUT2D eigenvalue weighted by molar-refractivity contribution is 0.669. The Morgan fingerprint density at radius 3 is 2.85 bits per heavy atom. The van der Waals surface area contributed by atoms with E-state index < -0.39 is 10.8 Å². The highest BCUT2D eigenvalue weighted by Crippen LogP contribution is 2.23. The molecule has 1 N–H and O–H groups in total. The normalized spacial score (nSPS) is 14.3. The molecule has 3 aromatic rings. The van der Waals surface area contributed by atoms with Gasteiger partial charge in [0.15, 0.2) is 5.16 Å². The lowest BCUT2D eigenvalue weighted by atomic mass is 10.2. The van der Waals surface area contributed by atoms with Crippen molar-refractivity contribution in [1.29, 1.82) is 0 Å². The van der Waals surface area contributed by atoms with Crippen molar-refractivity contribution in [2.24, 2.45) is 0 Å². The molecule has 0 aliphatic rings. The molecule has 0 radical (unpaired) electrons. The molecule has 0 saturated carbocycles. The Morgan fingerprint density at radius 2 is 2.10 bits per heavy atom. The molecule has 0 fully saturated rings. The van der Waals surface area contributed by atoms with Crippen molar-refractivity contribution in [3.05, 3.63) is 53.9 Å². The molecule has 102 valence electrons. The van der Waals surface area contributed by atoms with E-state index in [1.807, 2.05) is 50.2 Å². The van der Waals surface area contributed by atoms with E-state index in [4.69, 9.17) is 0 Å². The van der Waals surface area contributed by atoms with Crippen LogP contribution in [0, 0.1) is 6.92 Å². The number of hydrogen-bond donors (Lipinski definition) is 1. The van der Waals surface area contributed by atoms with Crippen LogP contribution in [-0.2, 0) is 10.8 Å². The summed E-state index contributed by atoms with van der Waals surface area (Å²) in [6.07, 6.45) is 1.71. The first kappa shape index (κ1) is 13.0. The van der Waals surface area contributed by atoms with E-state index in [1.165, 1.54) is 0 Å². The maximum absolute atomic E-state index is 12.6. The van der Waals surface area contributed by atoms with Crippen molar-refractivity contribution in [2.75, 3.05) is 0 Å². The van der Waals surface area contributed by atoms with Crippen LogP contribution in [0.15, 0.2) is 47.8 Å². The van der Waals surface area contributed by atoms with Gasteiger partial charge in [-0.05, 0) is 43.7 Å². The summed E-state index contributed by atoms with van der Waals surface area (Å²) in [6.45, 7) is 3.92. The second kappa shape index (κ2) is 5.17. The third-order valence-electron chi connectivity index (χ3n) is 3.23. The molecule has 0 aliphatic heterocycles. The van der Waals surface area contributed by atoms with E-state index in [0.29, 0.717) is 5.16 Å². The van der Waals surface area contributed by atoms with Crippen LogP contribution >= 0.6 is 0 Å². The number of hydrogen-bond acceptors (Lipinski definition) is 3. The zero-order valence-electron chi connectivity index (χ0n) is 11.3. The van der Waals surface area contributed by atoms with Crippen LogP contribution in [0.2, 0.25) is 0 Å². The smallest absolute Gasteiger partial charge is 0.198 e. The third kappa shape index (κ3) is 2.36. The molecule has 2 aromatic heterocycles. The number of aryl methyl sites for hydroxylation is 1. The first-order valence-corrected chi connectivity index (χ1v) is 7.64. The Balaban J connectivity index is 1.96. The lowest BCUT2D eigenvalue weighted by Crippen LogP contribution is -2.06. The fourth-order valence-electron chi connectivity index (χ4n) is 2.09. The second-order valence-electron chi connectivity index (χ2n) is 4.76. The van der Waals surface area contributed by atoms with Crippen LogP contribution in [-0.4, -0.2) is 19.2 Å². The van der Waals surface area contributed by atoms with Gasteiger partial charge in [0.25, 0.3) is 0 Å². The van der Waals surface area contributed by atoms with E-state index in [0.717, 1.165) is 22.3 Å². The molecule has 1 aromatic carbocycles. The van der Waals surface area contributed by atoms with Crippen LogP contribution in [0.1, 0.15) is 23.4 Å². The van der Waals surface area contributed by atoms with Gasteiger partial charge in [0.05, 0.1) is 32.8 Å². The van der Waals surface area contributed by atoms with Gasteiger partial charge < -0.3 is 4.98 Å². The topological polar surface area (TPSA) is 58.6 Å². The number of pyridine rings is 1. The maximum atomic E-state index is 12.6. The van der Waals surface area contributed by atoms with Crippen LogP contribution in [0.25, 0.3) is 11.0 Å². The number of benzene rings is 1. The summed E-state index contributed by atoms with van der Waals surface area (Å²) in [5.74, 6) is 0. The Kier molecular flexibility index (Phi) is 3.36. The molecule has 5 heteroatoms. The summed E-state index contributed by atoms with van der Waals surface area (Å²) in [4.78, 5) is 11.8. The van der Waals surface area contributed by atoms with Crippen LogP contribution in [0.5, 0.6) is 0 Å². The SMILES string of the molecule is Cc1ccc2nc([S@](=O)[C@H](C)c3ccccn3)[nH]c2c1. The minimum absolute atomic E-state index is 0.196. The van der Waals surface area contributed by atoms with E-state index in [9.17, 15) is 4.21 Å². The zero-order chi connectivity index (χ0) is 14.1. The van der Waals surface area contributed by atoms with Crippen molar-refractivity contribution >= 4 is 21.8 Å². The van der Waals surface area contributed by atoms with Crippen molar-refractivity contribution in [2.45, 2.75) is 24.3 Å². The van der Waals surface area contributed by atoms with Gasteiger partial charge in [-0.2, -0.15) is 0 Å². The minimum Gasteiger partial charge on any atom is -0.331 e. The molecule has 2 heterocycles. The number of nitrogens with one attached hydrogen (secondary N) is 1. The highest BCUT2D eigenvalue weighted by atomic mass is 32.2. The summed E-state index contributed by atoms with van der Waals surface area (Å²) >= 11 is 0. The highest BCUT2D eigenvalue weighted by Gasteiger charge is 2.19. The number of aromatic amines is 1. The number of imidazole rings is 1. The molecule has 0 amide bonds. The zero-order valence-corrected chi connectivity index (χ0v) is 12.1. The molecule has 0 aliphatic carbocycles. The molecule has 0 saturated heterocycles. The predicted octanol–water partition coefficient (Wildman–Crippen LogP) is 3.14. The molecule has 20 heavy (non-hydrogen) atoms. The van der Waals surface area contributed by atoms with Crippen LogP contribution in [0.4, 0.5) is 0 Å². The average Bonchev–Trinajstić information content (AvgIpc) is 2.89. The highest BCUT2D eigenvalue weighted by molar-refractivity contribution is 7.85. The van der Waals surface area contributed by atoms with Gasteiger partial charge in [-0.25, -0.2) is 4.98 Å². The van der Waals surface area contributed by atoms with Gasteiger partial charge in [-0.1, -0.05) is 12.1 Å². The van der Waals surface area contributed by atoms with Crippen molar-refractivity contribution in [1.82, 2.24) is 15.0 Å². The Bertz CT molecular complexity index is 767. The fourth-order valence-corrected chi connectivity index (χ4v) is 3.18. The van der Waals surface area contributed by atoms with E-state index in [1.54, 1.807) is 6.20 Å². The Hall–Kier alpha value is -2.01. The van der Waals surface area contributed by atoms with Gasteiger partial charge in [0.1, 0.15) is 0 Å². The summed E-state index contributed by atoms with van der Waals surface area (Å²) < 4.78 is 12.6. The Labute approximate surface area is 119 Å². The van der Waals surface area contributed by atoms with E-state index >= 15 is 0 Å². The molecule has 0 unspecified atom stereocenters. The number of nitrogens with zero attached hydrogens (tertiary/aromatic N) is 2. The number of H-pyrrole nitrogens is 1.